The van der Waals surface area contributed by atoms with Gasteiger partial charge in [0.25, 0.3) is 0 Å². The van der Waals surface area contributed by atoms with Crippen LogP contribution in [0, 0.1) is 0 Å². The number of hydrogen-bond donors (Lipinski definition) is 1. The number of benzene rings is 3. The maximum absolute atomic E-state index is 13.0. The van der Waals surface area contributed by atoms with Gasteiger partial charge in [0.1, 0.15) is 5.75 Å². The molecule has 1 N–H and O–H groups in total. The van der Waals surface area contributed by atoms with Gasteiger partial charge in [-0.15, -0.1) is 12.4 Å². The molecule has 0 amide bonds. The van der Waals surface area contributed by atoms with Crippen molar-refractivity contribution in [2.24, 2.45) is 0 Å². The third kappa shape index (κ3) is 5.72. The van der Waals surface area contributed by atoms with E-state index in [1.165, 1.54) is 12.1 Å². The summed E-state index contributed by atoms with van der Waals surface area (Å²) in [5.41, 5.74) is 3.87. The molecule has 0 aliphatic carbocycles. The van der Waals surface area contributed by atoms with Gasteiger partial charge in [0.15, 0.2) is 0 Å². The molecular weight excluding hydrogens is 435 g/mol. The van der Waals surface area contributed by atoms with E-state index in [0.29, 0.717) is 12.1 Å². The average molecular weight is 460 g/mol. The van der Waals surface area contributed by atoms with Crippen LogP contribution in [-0.2, 0) is 12.6 Å². The Bertz CT molecular complexity index is 1080. The molecule has 0 bridgehead atoms. The first kappa shape index (κ1) is 23.9. The molecule has 3 aromatic carbocycles. The van der Waals surface area contributed by atoms with Gasteiger partial charge in [-0.25, -0.2) is 0 Å². The van der Waals surface area contributed by atoms with E-state index in [4.69, 9.17) is 0 Å². The van der Waals surface area contributed by atoms with Crippen molar-refractivity contribution in [3.63, 3.8) is 0 Å². The summed E-state index contributed by atoms with van der Waals surface area (Å²) < 4.78 is 38.9. The fourth-order valence-electron chi connectivity index (χ4n) is 3.95. The standard InChI is InChI=1S/C26H24F3NO.ClH/c27-26(28,29)23-8-4-7-22(18-23)20-12-15-30(16-13-20)14-11-19-9-10-24(25(31)17-19)21-5-2-1-3-6-21;/h1-10,12,17-18,31H,11,13-16H2;1H. The van der Waals surface area contributed by atoms with E-state index in [1.807, 2.05) is 54.6 Å². The highest BCUT2D eigenvalue weighted by atomic mass is 35.5. The zero-order chi connectivity index (χ0) is 21.8. The van der Waals surface area contributed by atoms with Crippen molar-refractivity contribution < 1.29 is 18.3 Å². The lowest BCUT2D eigenvalue weighted by Crippen LogP contribution is -2.30. The first-order valence-electron chi connectivity index (χ1n) is 10.4. The fourth-order valence-corrected chi connectivity index (χ4v) is 3.95. The second kappa shape index (κ2) is 10.2. The summed E-state index contributed by atoms with van der Waals surface area (Å²) >= 11 is 0. The van der Waals surface area contributed by atoms with Crippen molar-refractivity contribution in [3.05, 3.63) is 95.6 Å². The largest absolute Gasteiger partial charge is 0.507 e. The molecular formula is C26H25ClF3NO. The van der Waals surface area contributed by atoms with Crippen LogP contribution in [0.5, 0.6) is 5.75 Å². The van der Waals surface area contributed by atoms with Gasteiger partial charge in [0, 0.05) is 25.2 Å². The number of phenolic OH excluding ortho intramolecular Hbond substituents is 1. The Morgan fingerprint density at radius 3 is 2.28 bits per heavy atom. The molecule has 0 fully saturated rings. The molecule has 168 valence electrons. The SMILES string of the molecule is Cl.Oc1cc(CCN2CC=C(c3cccc(C(F)(F)F)c3)CC2)ccc1-c1ccccc1. The van der Waals surface area contributed by atoms with Crippen molar-refractivity contribution in [2.75, 3.05) is 19.6 Å². The van der Waals surface area contributed by atoms with Gasteiger partial charge in [-0.1, -0.05) is 60.7 Å². The molecule has 0 unspecified atom stereocenters. The summed E-state index contributed by atoms with van der Waals surface area (Å²) in [5.74, 6) is 0.272. The second-order valence-electron chi connectivity index (χ2n) is 7.83. The normalized spacial score (nSPS) is 14.5. The topological polar surface area (TPSA) is 23.5 Å². The third-order valence-corrected chi connectivity index (χ3v) is 5.72. The maximum Gasteiger partial charge on any atom is 0.416 e. The highest BCUT2D eigenvalue weighted by molar-refractivity contribution is 5.85. The predicted octanol–water partition coefficient (Wildman–Crippen LogP) is 6.83. The number of phenols is 1. The Hall–Kier alpha value is -2.76. The first-order chi connectivity index (χ1) is 14.9. The van der Waals surface area contributed by atoms with Crippen molar-refractivity contribution in [2.45, 2.75) is 19.0 Å². The van der Waals surface area contributed by atoms with Gasteiger partial charge in [0.2, 0.25) is 0 Å². The lowest BCUT2D eigenvalue weighted by molar-refractivity contribution is -0.137. The van der Waals surface area contributed by atoms with Crippen LogP contribution >= 0.6 is 12.4 Å². The molecule has 0 atom stereocenters. The van der Waals surface area contributed by atoms with Crippen LogP contribution in [0.4, 0.5) is 13.2 Å². The number of aromatic hydroxyl groups is 1. The van der Waals surface area contributed by atoms with Crippen LogP contribution in [0.25, 0.3) is 16.7 Å². The Morgan fingerprint density at radius 1 is 0.875 bits per heavy atom. The van der Waals surface area contributed by atoms with Crippen LogP contribution in [0.3, 0.4) is 0 Å². The van der Waals surface area contributed by atoms with E-state index in [-0.39, 0.29) is 18.2 Å². The van der Waals surface area contributed by atoms with E-state index in [9.17, 15) is 18.3 Å². The minimum absolute atomic E-state index is 0. The van der Waals surface area contributed by atoms with Crippen molar-refractivity contribution in [1.82, 2.24) is 4.90 Å². The summed E-state index contributed by atoms with van der Waals surface area (Å²) in [7, 11) is 0. The molecule has 2 nitrogen and oxygen atoms in total. The summed E-state index contributed by atoms with van der Waals surface area (Å²) in [5, 5.41) is 10.4. The summed E-state index contributed by atoms with van der Waals surface area (Å²) in [6, 6.07) is 21.1. The second-order valence-corrected chi connectivity index (χ2v) is 7.83. The lowest BCUT2D eigenvalue weighted by atomic mass is 9.97. The first-order valence-corrected chi connectivity index (χ1v) is 10.4. The molecule has 4 rings (SSSR count). The number of alkyl halides is 3. The molecule has 1 aliphatic heterocycles. The molecule has 6 heteroatoms. The van der Waals surface area contributed by atoms with Crippen molar-refractivity contribution in [1.29, 1.82) is 0 Å². The van der Waals surface area contributed by atoms with Gasteiger partial charge in [0.05, 0.1) is 5.56 Å². The minimum Gasteiger partial charge on any atom is -0.507 e. The van der Waals surface area contributed by atoms with E-state index in [0.717, 1.165) is 54.3 Å². The number of halogens is 4. The zero-order valence-corrected chi connectivity index (χ0v) is 18.3. The quantitative estimate of drug-likeness (QED) is 0.452. The molecule has 3 aromatic rings. The van der Waals surface area contributed by atoms with E-state index < -0.39 is 11.7 Å². The van der Waals surface area contributed by atoms with Crippen molar-refractivity contribution in [3.8, 4) is 16.9 Å². The molecule has 0 aromatic heterocycles. The smallest absolute Gasteiger partial charge is 0.416 e. The molecule has 1 heterocycles. The molecule has 0 spiro atoms. The molecule has 0 radical (unpaired) electrons. The Morgan fingerprint density at radius 2 is 1.62 bits per heavy atom. The number of nitrogens with zero attached hydrogens (tertiary/aromatic N) is 1. The fraction of sp³-hybridized carbons (Fsp3) is 0.231. The van der Waals surface area contributed by atoms with E-state index >= 15 is 0 Å². The number of hydrogen-bond acceptors (Lipinski definition) is 2. The maximum atomic E-state index is 13.0. The van der Waals surface area contributed by atoms with E-state index in [1.54, 1.807) is 6.07 Å². The zero-order valence-electron chi connectivity index (χ0n) is 17.5. The lowest BCUT2D eigenvalue weighted by Gasteiger charge is -2.26. The van der Waals surface area contributed by atoms with Crippen LogP contribution < -0.4 is 0 Å². The van der Waals surface area contributed by atoms with Crippen LogP contribution in [0.15, 0.2) is 78.9 Å². The van der Waals surface area contributed by atoms with E-state index in [2.05, 4.69) is 4.90 Å². The monoisotopic (exact) mass is 459 g/mol. The third-order valence-electron chi connectivity index (χ3n) is 5.72. The van der Waals surface area contributed by atoms with Gasteiger partial charge in [-0.05, 0) is 53.3 Å². The van der Waals surface area contributed by atoms with Crippen LogP contribution in [0.2, 0.25) is 0 Å². The molecule has 32 heavy (non-hydrogen) atoms. The number of rotatable bonds is 5. The summed E-state index contributed by atoms with van der Waals surface area (Å²) in [6.45, 7) is 2.34. The Kier molecular flexibility index (Phi) is 7.64. The molecule has 0 saturated carbocycles. The predicted molar refractivity (Wildman–Crippen MR) is 125 cm³/mol. The average Bonchev–Trinajstić information content (AvgIpc) is 2.78. The molecule has 0 saturated heterocycles. The van der Waals surface area contributed by atoms with Crippen molar-refractivity contribution >= 4 is 18.0 Å². The van der Waals surface area contributed by atoms with Gasteiger partial charge in [-0.2, -0.15) is 13.2 Å². The Balaban J connectivity index is 0.00000289. The summed E-state index contributed by atoms with van der Waals surface area (Å²) in [6.07, 6.45) is -0.775. The summed E-state index contributed by atoms with van der Waals surface area (Å²) in [4.78, 5) is 2.28. The van der Waals surface area contributed by atoms with Gasteiger partial charge >= 0.3 is 6.18 Å². The molecule has 1 aliphatic rings. The Labute approximate surface area is 192 Å². The highest BCUT2D eigenvalue weighted by Crippen LogP contribution is 2.33. The highest BCUT2D eigenvalue weighted by Gasteiger charge is 2.30. The van der Waals surface area contributed by atoms with Gasteiger partial charge in [-0.3, -0.25) is 4.90 Å². The minimum atomic E-state index is -4.32. The van der Waals surface area contributed by atoms with Crippen LogP contribution in [-0.4, -0.2) is 29.6 Å². The van der Waals surface area contributed by atoms with Gasteiger partial charge < -0.3 is 5.11 Å². The van der Waals surface area contributed by atoms with Crippen LogP contribution in [0.1, 0.15) is 23.1 Å².